The molecule has 0 unspecified atom stereocenters. The lowest BCUT2D eigenvalue weighted by molar-refractivity contribution is -0.131. The van der Waals surface area contributed by atoms with Crippen LogP contribution in [0.1, 0.15) is 22.2 Å². The monoisotopic (exact) mass is 284 g/mol. The Labute approximate surface area is 115 Å². The zero-order valence-corrected chi connectivity index (χ0v) is 12.1. The van der Waals surface area contributed by atoms with Crippen molar-refractivity contribution in [1.82, 2.24) is 4.90 Å². The number of methoxy groups -OCH3 is 1. The lowest BCUT2D eigenvalue weighted by atomic mass is 10.2. The van der Waals surface area contributed by atoms with Crippen LogP contribution in [-0.2, 0) is 14.3 Å². The predicted octanol–water partition coefficient (Wildman–Crippen LogP) is 1.26. The van der Waals surface area contributed by atoms with E-state index in [4.69, 9.17) is 0 Å². The summed E-state index contributed by atoms with van der Waals surface area (Å²) in [6, 6.07) is 0. The molecule has 1 rings (SSSR count). The number of esters is 1. The summed E-state index contributed by atoms with van der Waals surface area (Å²) in [5.41, 5.74) is 1.23. The van der Waals surface area contributed by atoms with Crippen LogP contribution in [0.15, 0.2) is 5.38 Å². The Morgan fingerprint density at radius 1 is 1.42 bits per heavy atom. The van der Waals surface area contributed by atoms with Crippen LogP contribution in [0, 0.1) is 6.92 Å². The molecule has 0 aliphatic heterocycles. The molecule has 0 fully saturated rings. The minimum atomic E-state index is -0.492. The number of nitrogens with one attached hydrogen (secondary N) is 1. The van der Waals surface area contributed by atoms with Crippen LogP contribution in [0.5, 0.6) is 0 Å². The molecule has 2 amide bonds. The van der Waals surface area contributed by atoms with Gasteiger partial charge in [0.05, 0.1) is 19.3 Å². The summed E-state index contributed by atoms with van der Waals surface area (Å²) in [6.07, 6.45) is 0. The molecule has 0 bridgehead atoms. The first-order chi connectivity index (χ1) is 8.86. The van der Waals surface area contributed by atoms with E-state index in [2.05, 4.69) is 10.1 Å². The number of hydrogen-bond donors (Lipinski definition) is 1. The van der Waals surface area contributed by atoms with E-state index in [9.17, 15) is 14.4 Å². The van der Waals surface area contributed by atoms with Crippen molar-refractivity contribution in [2.45, 2.75) is 13.8 Å². The van der Waals surface area contributed by atoms with Crippen LogP contribution >= 0.6 is 11.3 Å². The fraction of sp³-hybridized carbons (Fsp3) is 0.417. The van der Waals surface area contributed by atoms with Crippen molar-refractivity contribution in [3.8, 4) is 0 Å². The van der Waals surface area contributed by atoms with Crippen LogP contribution in [0.4, 0.5) is 5.69 Å². The maximum Gasteiger partial charge on any atom is 0.350 e. The number of carbonyl (C=O) groups is 3. The molecule has 0 aliphatic rings. The molecule has 104 valence electrons. The minimum absolute atomic E-state index is 0.0643. The lowest BCUT2D eigenvalue weighted by Gasteiger charge is -2.14. The Balaban J connectivity index is 2.82. The Hall–Kier alpha value is -1.89. The molecule has 1 aromatic heterocycles. The van der Waals surface area contributed by atoms with Gasteiger partial charge in [0.15, 0.2) is 0 Å². The topological polar surface area (TPSA) is 75.7 Å². The summed E-state index contributed by atoms with van der Waals surface area (Å²) in [6.45, 7) is 3.10. The molecule has 7 heteroatoms. The van der Waals surface area contributed by atoms with Gasteiger partial charge in [-0.25, -0.2) is 4.79 Å². The van der Waals surface area contributed by atoms with Crippen molar-refractivity contribution in [2.24, 2.45) is 0 Å². The Kier molecular flexibility index (Phi) is 5.05. The van der Waals surface area contributed by atoms with Crippen molar-refractivity contribution in [3.63, 3.8) is 0 Å². The standard InChI is InChI=1S/C12H16N2O4S/c1-7-6-19-11(12(17)18-4)10(7)13-9(16)5-14(3)8(2)15/h6H,5H2,1-4H3,(H,13,16). The normalized spacial score (nSPS) is 9.89. The fourth-order valence-corrected chi connectivity index (χ4v) is 2.27. The molecule has 0 atom stereocenters. The van der Waals surface area contributed by atoms with Crippen LogP contribution in [0.2, 0.25) is 0 Å². The van der Waals surface area contributed by atoms with E-state index in [1.807, 2.05) is 0 Å². The highest BCUT2D eigenvalue weighted by Crippen LogP contribution is 2.28. The number of anilines is 1. The van der Waals surface area contributed by atoms with Gasteiger partial charge in [-0.3, -0.25) is 9.59 Å². The van der Waals surface area contributed by atoms with Gasteiger partial charge in [0.2, 0.25) is 11.8 Å². The van der Waals surface area contributed by atoms with E-state index in [0.29, 0.717) is 10.6 Å². The van der Waals surface area contributed by atoms with Gasteiger partial charge in [0, 0.05) is 14.0 Å². The molecule has 0 saturated heterocycles. The van der Waals surface area contributed by atoms with Gasteiger partial charge < -0.3 is 15.0 Å². The van der Waals surface area contributed by atoms with E-state index in [0.717, 1.165) is 5.56 Å². The zero-order valence-electron chi connectivity index (χ0n) is 11.3. The third-order valence-electron chi connectivity index (χ3n) is 2.53. The first-order valence-corrected chi connectivity index (χ1v) is 6.42. The summed E-state index contributed by atoms with van der Waals surface area (Å²) in [7, 11) is 2.82. The smallest absolute Gasteiger partial charge is 0.350 e. The van der Waals surface area contributed by atoms with Crippen LogP contribution in [0.25, 0.3) is 0 Å². The van der Waals surface area contributed by atoms with Gasteiger partial charge in [0.1, 0.15) is 4.88 Å². The lowest BCUT2D eigenvalue weighted by Crippen LogP contribution is -2.33. The zero-order chi connectivity index (χ0) is 14.6. The number of nitrogens with zero attached hydrogens (tertiary/aromatic N) is 1. The minimum Gasteiger partial charge on any atom is -0.465 e. The van der Waals surface area contributed by atoms with Crippen LogP contribution in [0.3, 0.4) is 0 Å². The number of likely N-dealkylation sites (N-methyl/N-ethyl adjacent to an activating group) is 1. The molecule has 6 nitrogen and oxygen atoms in total. The molecular weight excluding hydrogens is 268 g/mol. The first-order valence-electron chi connectivity index (χ1n) is 5.54. The van der Waals surface area contributed by atoms with Crippen molar-refractivity contribution in [3.05, 3.63) is 15.8 Å². The predicted molar refractivity (Wildman–Crippen MR) is 72.3 cm³/mol. The average Bonchev–Trinajstić information content (AvgIpc) is 2.70. The first kappa shape index (κ1) is 15.2. The number of amides is 2. The molecule has 19 heavy (non-hydrogen) atoms. The van der Waals surface area contributed by atoms with Crippen LogP contribution < -0.4 is 5.32 Å². The highest BCUT2D eigenvalue weighted by atomic mass is 32.1. The van der Waals surface area contributed by atoms with Gasteiger partial charge in [-0.05, 0) is 17.9 Å². The van der Waals surface area contributed by atoms with Crippen molar-refractivity contribution >= 4 is 34.8 Å². The van der Waals surface area contributed by atoms with Gasteiger partial charge in [-0.2, -0.15) is 0 Å². The van der Waals surface area contributed by atoms with Gasteiger partial charge in [-0.15, -0.1) is 11.3 Å². The average molecular weight is 284 g/mol. The SMILES string of the molecule is COC(=O)c1scc(C)c1NC(=O)CN(C)C(C)=O. The molecule has 0 saturated carbocycles. The number of ether oxygens (including phenoxy) is 1. The second kappa shape index (κ2) is 6.33. The van der Waals surface area contributed by atoms with E-state index in [1.54, 1.807) is 12.3 Å². The molecule has 1 heterocycles. The van der Waals surface area contributed by atoms with E-state index in [-0.39, 0.29) is 18.4 Å². The second-order valence-corrected chi connectivity index (χ2v) is 4.92. The molecule has 0 aromatic carbocycles. The van der Waals surface area contributed by atoms with Crippen molar-refractivity contribution < 1.29 is 19.1 Å². The van der Waals surface area contributed by atoms with Gasteiger partial charge in [0.25, 0.3) is 0 Å². The fourth-order valence-electron chi connectivity index (χ4n) is 1.35. The van der Waals surface area contributed by atoms with Crippen molar-refractivity contribution in [2.75, 3.05) is 26.0 Å². The Bertz CT molecular complexity index is 510. The van der Waals surface area contributed by atoms with Gasteiger partial charge in [-0.1, -0.05) is 0 Å². The summed E-state index contributed by atoms with van der Waals surface area (Å²) in [5.74, 6) is -1.05. The molecular formula is C12H16N2O4S. The number of hydrogen-bond acceptors (Lipinski definition) is 5. The third kappa shape index (κ3) is 3.78. The molecule has 0 radical (unpaired) electrons. The summed E-state index contributed by atoms with van der Waals surface area (Å²) >= 11 is 1.21. The molecule has 1 N–H and O–H groups in total. The quantitative estimate of drug-likeness (QED) is 0.845. The van der Waals surface area contributed by atoms with E-state index in [1.165, 1.54) is 37.3 Å². The summed E-state index contributed by atoms with van der Waals surface area (Å²) in [5, 5.41) is 4.40. The van der Waals surface area contributed by atoms with E-state index >= 15 is 0 Å². The Morgan fingerprint density at radius 3 is 2.58 bits per heavy atom. The second-order valence-electron chi connectivity index (χ2n) is 4.04. The highest BCUT2D eigenvalue weighted by Gasteiger charge is 2.19. The Morgan fingerprint density at radius 2 is 2.05 bits per heavy atom. The highest BCUT2D eigenvalue weighted by molar-refractivity contribution is 7.12. The maximum absolute atomic E-state index is 11.8. The van der Waals surface area contributed by atoms with E-state index < -0.39 is 5.97 Å². The maximum atomic E-state index is 11.8. The molecule has 1 aromatic rings. The largest absolute Gasteiger partial charge is 0.465 e. The number of aryl methyl sites for hydroxylation is 1. The summed E-state index contributed by atoms with van der Waals surface area (Å²) < 4.78 is 4.65. The number of rotatable bonds is 4. The summed E-state index contributed by atoms with van der Waals surface area (Å²) in [4.78, 5) is 36.0. The molecule has 0 spiro atoms. The van der Waals surface area contributed by atoms with Gasteiger partial charge >= 0.3 is 5.97 Å². The van der Waals surface area contributed by atoms with Crippen molar-refractivity contribution in [1.29, 1.82) is 0 Å². The van der Waals surface area contributed by atoms with Crippen LogP contribution in [-0.4, -0.2) is 43.4 Å². The number of thiophene rings is 1. The molecule has 0 aliphatic carbocycles. The third-order valence-corrected chi connectivity index (χ3v) is 3.61. The number of carbonyl (C=O) groups excluding carboxylic acids is 3.